The van der Waals surface area contributed by atoms with Crippen LogP contribution in [0.15, 0.2) is 4.99 Å². The molecule has 0 rings (SSSR count). The van der Waals surface area contributed by atoms with E-state index in [-0.39, 0.29) is 20.3 Å². The molecule has 0 aliphatic carbocycles. The number of rotatable bonds is 3. The highest BCUT2D eigenvalue weighted by Gasteiger charge is 2.15. The summed E-state index contributed by atoms with van der Waals surface area (Å²) in [5.41, 5.74) is 0.307. The maximum absolute atomic E-state index is 11.4. The minimum atomic E-state index is -0.710. The van der Waals surface area contributed by atoms with Crippen LogP contribution < -0.4 is 0 Å². The van der Waals surface area contributed by atoms with E-state index in [9.17, 15) is 9.59 Å². The quantitative estimate of drug-likeness (QED) is 0.518. The zero-order valence-corrected chi connectivity index (χ0v) is 9.25. The number of aliphatic imine (C=N–C) groups is 1. The number of amides is 1. The van der Waals surface area contributed by atoms with Crippen LogP contribution >= 0.6 is 8.58 Å². The summed E-state index contributed by atoms with van der Waals surface area (Å²) in [6.45, 7) is 5.35. The highest BCUT2D eigenvalue weighted by atomic mass is 31.1. The number of carbonyl (C=O) groups is 2. The molecule has 0 N–H and O–H groups in total. The molecule has 5 heteroatoms. The normalized spacial score (nSPS) is 12.5. The van der Waals surface area contributed by atoms with Gasteiger partial charge in [0.25, 0.3) is 0 Å². The van der Waals surface area contributed by atoms with Gasteiger partial charge in [0, 0.05) is 5.92 Å². The molecule has 1 amide bonds. The summed E-state index contributed by atoms with van der Waals surface area (Å²) in [5, 5.41) is 0. The minimum absolute atomic E-state index is 0.0915. The van der Waals surface area contributed by atoms with Gasteiger partial charge in [-0.1, -0.05) is 22.4 Å². The van der Waals surface area contributed by atoms with Gasteiger partial charge in [0.05, 0.1) is 7.11 Å². The van der Waals surface area contributed by atoms with Gasteiger partial charge in [-0.15, -0.1) is 0 Å². The number of ketones is 1. The van der Waals surface area contributed by atoms with Gasteiger partial charge in [-0.2, -0.15) is 4.99 Å². The Balaban J connectivity index is 4.59. The van der Waals surface area contributed by atoms with Crippen LogP contribution in [0.5, 0.6) is 0 Å². The second kappa shape index (κ2) is 5.81. The van der Waals surface area contributed by atoms with Gasteiger partial charge >= 0.3 is 6.09 Å². The molecule has 1 atom stereocenters. The van der Waals surface area contributed by atoms with Crippen molar-refractivity contribution in [1.82, 2.24) is 0 Å². The first-order valence-electron chi connectivity index (χ1n) is 3.91. The first-order chi connectivity index (χ1) is 6.02. The number of methoxy groups -OCH3 is 1. The highest BCUT2D eigenvalue weighted by Crippen LogP contribution is 2.12. The van der Waals surface area contributed by atoms with Crippen LogP contribution in [0.4, 0.5) is 4.79 Å². The molecule has 0 aliphatic heterocycles. The van der Waals surface area contributed by atoms with Crippen LogP contribution in [-0.2, 0) is 9.53 Å². The molecule has 0 aromatic carbocycles. The number of hydrogen-bond donors (Lipinski definition) is 0. The van der Waals surface area contributed by atoms with Crippen molar-refractivity contribution < 1.29 is 14.3 Å². The van der Waals surface area contributed by atoms with Gasteiger partial charge in [0.15, 0.2) is 5.78 Å². The Kier molecular flexibility index (Phi) is 5.47. The summed E-state index contributed by atoms with van der Waals surface area (Å²) in [4.78, 5) is 25.7. The molecule has 0 aromatic rings. The summed E-state index contributed by atoms with van der Waals surface area (Å²) in [5.74, 6) is -0.220. The average Bonchev–Trinajstić information content (AvgIpc) is 2.12. The van der Waals surface area contributed by atoms with E-state index in [1.165, 1.54) is 7.11 Å². The van der Waals surface area contributed by atoms with E-state index in [1.54, 1.807) is 13.8 Å². The number of hydrogen-bond acceptors (Lipinski definition) is 3. The molecule has 0 aromatic heterocycles. The van der Waals surface area contributed by atoms with Crippen LogP contribution in [0.25, 0.3) is 0 Å². The van der Waals surface area contributed by atoms with Gasteiger partial charge < -0.3 is 4.74 Å². The van der Waals surface area contributed by atoms with Gasteiger partial charge in [-0.25, -0.2) is 4.79 Å². The van der Waals surface area contributed by atoms with E-state index in [2.05, 4.69) is 9.73 Å². The number of ether oxygens (including phenoxy) is 1. The molecular formula is C8H14NO3P. The molecule has 13 heavy (non-hydrogen) atoms. The van der Waals surface area contributed by atoms with E-state index >= 15 is 0 Å². The third kappa shape index (κ3) is 4.13. The van der Waals surface area contributed by atoms with Crippen molar-refractivity contribution in [2.24, 2.45) is 10.9 Å². The SMILES string of the molecule is COC(=O)N=C(PC)C(=O)C(C)C. The van der Waals surface area contributed by atoms with Crippen molar-refractivity contribution in [2.75, 3.05) is 13.8 Å². The monoisotopic (exact) mass is 203 g/mol. The average molecular weight is 203 g/mol. The summed E-state index contributed by atoms with van der Waals surface area (Å²) >= 11 is 0. The number of Topliss-reactive ketones (excluding diaryl/α,β-unsaturated/α-hetero) is 1. The number of carbonyl (C=O) groups excluding carboxylic acids is 2. The fraction of sp³-hybridized carbons (Fsp3) is 0.625. The Labute approximate surface area is 79.5 Å². The van der Waals surface area contributed by atoms with Gasteiger partial charge in [0.1, 0.15) is 5.45 Å². The molecule has 0 saturated carbocycles. The standard InChI is InChI=1S/C8H14NO3P/c1-5(2)6(10)7(13-4)9-8(11)12-3/h5,13H,1-4H3. The zero-order chi connectivity index (χ0) is 10.4. The molecule has 4 nitrogen and oxygen atoms in total. The Hall–Kier alpha value is -0.760. The lowest BCUT2D eigenvalue weighted by molar-refractivity contribution is -0.115. The molecule has 0 aliphatic rings. The largest absolute Gasteiger partial charge is 0.451 e. The molecule has 0 radical (unpaired) electrons. The highest BCUT2D eigenvalue weighted by molar-refractivity contribution is 7.61. The van der Waals surface area contributed by atoms with Crippen LogP contribution in [0.3, 0.4) is 0 Å². The zero-order valence-electron chi connectivity index (χ0n) is 8.25. The first kappa shape index (κ1) is 12.2. The third-order valence-electron chi connectivity index (χ3n) is 1.37. The van der Waals surface area contributed by atoms with Crippen molar-refractivity contribution in [2.45, 2.75) is 13.8 Å². The molecule has 0 heterocycles. The van der Waals surface area contributed by atoms with Crippen molar-refractivity contribution >= 4 is 25.9 Å². The van der Waals surface area contributed by atoms with Gasteiger partial charge in [0.2, 0.25) is 0 Å². The lowest BCUT2D eigenvalue weighted by atomic mass is 10.1. The van der Waals surface area contributed by atoms with E-state index in [0.717, 1.165) is 0 Å². The third-order valence-corrected chi connectivity index (χ3v) is 2.20. The lowest BCUT2D eigenvalue weighted by Gasteiger charge is -2.04. The molecule has 0 spiro atoms. The minimum Gasteiger partial charge on any atom is -0.451 e. The molecule has 0 fully saturated rings. The van der Waals surface area contributed by atoms with Crippen molar-refractivity contribution in [1.29, 1.82) is 0 Å². The summed E-state index contributed by atoms with van der Waals surface area (Å²) in [6, 6.07) is 0. The first-order valence-corrected chi connectivity index (χ1v) is 5.41. The van der Waals surface area contributed by atoms with Gasteiger partial charge in [-0.3, -0.25) is 4.79 Å². The van der Waals surface area contributed by atoms with E-state index in [1.807, 2.05) is 6.66 Å². The van der Waals surface area contributed by atoms with Crippen molar-refractivity contribution in [3.63, 3.8) is 0 Å². The topological polar surface area (TPSA) is 55.7 Å². The second-order valence-corrected chi connectivity index (χ2v) is 3.67. The van der Waals surface area contributed by atoms with Crippen LogP contribution in [0.1, 0.15) is 13.8 Å². The Bertz CT molecular complexity index is 236. The smallest absolute Gasteiger partial charge is 0.434 e. The molecular weight excluding hydrogens is 189 g/mol. The molecule has 0 saturated heterocycles. The maximum Gasteiger partial charge on any atom is 0.434 e. The number of nitrogens with zero attached hydrogens (tertiary/aromatic N) is 1. The summed E-state index contributed by atoms with van der Waals surface area (Å²) in [7, 11) is 1.46. The predicted octanol–water partition coefficient (Wildman–Crippen LogP) is 1.68. The fourth-order valence-electron chi connectivity index (χ4n) is 0.645. The summed E-state index contributed by atoms with van der Waals surface area (Å²) < 4.78 is 4.34. The van der Waals surface area contributed by atoms with Crippen LogP contribution in [-0.4, -0.2) is 31.1 Å². The molecule has 1 unspecified atom stereocenters. The van der Waals surface area contributed by atoms with E-state index < -0.39 is 6.09 Å². The van der Waals surface area contributed by atoms with Crippen molar-refractivity contribution in [3.05, 3.63) is 0 Å². The second-order valence-electron chi connectivity index (χ2n) is 2.70. The predicted molar refractivity (Wildman–Crippen MR) is 53.9 cm³/mol. The fourth-order valence-corrected chi connectivity index (χ4v) is 1.38. The van der Waals surface area contributed by atoms with Crippen LogP contribution in [0, 0.1) is 5.92 Å². The molecule has 0 bridgehead atoms. The van der Waals surface area contributed by atoms with E-state index in [0.29, 0.717) is 5.45 Å². The maximum atomic E-state index is 11.4. The van der Waals surface area contributed by atoms with Crippen LogP contribution in [0.2, 0.25) is 0 Å². The Morgan fingerprint density at radius 1 is 1.38 bits per heavy atom. The van der Waals surface area contributed by atoms with E-state index in [4.69, 9.17) is 0 Å². The Morgan fingerprint density at radius 3 is 2.23 bits per heavy atom. The summed E-state index contributed by atoms with van der Waals surface area (Å²) in [6.07, 6.45) is -0.710. The molecule has 74 valence electrons. The lowest BCUT2D eigenvalue weighted by Crippen LogP contribution is -2.17. The van der Waals surface area contributed by atoms with Crippen molar-refractivity contribution in [3.8, 4) is 0 Å². The Morgan fingerprint density at radius 2 is 1.92 bits per heavy atom. The van der Waals surface area contributed by atoms with Gasteiger partial charge in [-0.05, 0) is 6.66 Å².